The lowest BCUT2D eigenvalue weighted by molar-refractivity contribution is 0.0728. The molecule has 1 fully saturated rings. The third-order valence-electron chi connectivity index (χ3n) is 3.90. The quantitative estimate of drug-likeness (QED) is 0.889. The van der Waals surface area contributed by atoms with Gasteiger partial charge in [0, 0.05) is 18.3 Å². The summed E-state index contributed by atoms with van der Waals surface area (Å²) in [5, 5.41) is 6.44. The summed E-state index contributed by atoms with van der Waals surface area (Å²) < 4.78 is 5.57. The van der Waals surface area contributed by atoms with Gasteiger partial charge in [-0.05, 0) is 46.2 Å². The van der Waals surface area contributed by atoms with Crippen molar-refractivity contribution in [2.75, 3.05) is 11.9 Å². The van der Waals surface area contributed by atoms with Crippen LogP contribution in [0.4, 0.5) is 5.69 Å². The van der Waals surface area contributed by atoms with Gasteiger partial charge in [-0.25, -0.2) is 0 Å². The number of amides is 1. The van der Waals surface area contributed by atoms with E-state index in [1.165, 1.54) is 0 Å². The summed E-state index contributed by atoms with van der Waals surface area (Å²) in [6.07, 6.45) is 0.885. The fraction of sp³-hybridized carbons (Fsp3) is 0.562. The number of hydrogen-bond donors (Lipinski definition) is 2. The van der Waals surface area contributed by atoms with Crippen molar-refractivity contribution in [3.63, 3.8) is 0 Å². The van der Waals surface area contributed by atoms with Crippen molar-refractivity contribution >= 4 is 11.6 Å². The fourth-order valence-corrected chi connectivity index (χ4v) is 2.44. The Morgan fingerprint density at radius 3 is 2.70 bits per heavy atom. The van der Waals surface area contributed by atoms with Crippen LogP contribution in [0.1, 0.15) is 44.5 Å². The molecule has 1 heterocycles. The minimum absolute atomic E-state index is 0.0386. The van der Waals surface area contributed by atoms with Crippen molar-refractivity contribution in [3.05, 3.63) is 29.8 Å². The zero-order chi connectivity index (χ0) is 14.8. The number of ether oxygens (including phenoxy) is 1. The molecule has 2 rings (SSSR count). The van der Waals surface area contributed by atoms with Crippen LogP contribution in [0.15, 0.2) is 24.3 Å². The second-order valence-electron chi connectivity index (χ2n) is 5.98. The van der Waals surface area contributed by atoms with Crippen LogP contribution in [-0.2, 0) is 4.74 Å². The Morgan fingerprint density at radius 2 is 2.10 bits per heavy atom. The van der Waals surface area contributed by atoms with Gasteiger partial charge in [0.15, 0.2) is 0 Å². The predicted octanol–water partition coefficient (Wildman–Crippen LogP) is 2.80. The molecule has 1 aromatic carbocycles. The number of anilines is 1. The van der Waals surface area contributed by atoms with E-state index in [1.54, 1.807) is 0 Å². The van der Waals surface area contributed by atoms with Crippen molar-refractivity contribution in [2.24, 2.45) is 0 Å². The Morgan fingerprint density at radius 1 is 1.40 bits per heavy atom. The van der Waals surface area contributed by atoms with E-state index in [1.807, 2.05) is 38.1 Å². The van der Waals surface area contributed by atoms with Crippen molar-refractivity contribution in [1.29, 1.82) is 0 Å². The third-order valence-corrected chi connectivity index (χ3v) is 3.90. The van der Waals surface area contributed by atoms with Crippen molar-refractivity contribution in [1.82, 2.24) is 5.32 Å². The summed E-state index contributed by atoms with van der Waals surface area (Å²) in [5.74, 6) is -0.0476. The van der Waals surface area contributed by atoms with Gasteiger partial charge < -0.3 is 15.4 Å². The molecule has 0 saturated carbocycles. The average molecular weight is 276 g/mol. The molecule has 2 unspecified atom stereocenters. The van der Waals surface area contributed by atoms with Crippen LogP contribution in [0.3, 0.4) is 0 Å². The van der Waals surface area contributed by atoms with Crippen molar-refractivity contribution in [2.45, 2.75) is 51.8 Å². The van der Waals surface area contributed by atoms with E-state index in [2.05, 4.69) is 24.5 Å². The van der Waals surface area contributed by atoms with E-state index in [9.17, 15) is 4.79 Å². The largest absolute Gasteiger partial charge is 0.382 e. The predicted molar refractivity (Wildman–Crippen MR) is 81.1 cm³/mol. The smallest absolute Gasteiger partial charge is 0.253 e. The van der Waals surface area contributed by atoms with Gasteiger partial charge in [0.25, 0.3) is 5.91 Å². The summed E-state index contributed by atoms with van der Waals surface area (Å²) in [4.78, 5) is 12.5. The van der Waals surface area contributed by atoms with E-state index < -0.39 is 0 Å². The number of hydrogen-bond acceptors (Lipinski definition) is 3. The minimum Gasteiger partial charge on any atom is -0.382 e. The summed E-state index contributed by atoms with van der Waals surface area (Å²) in [5.41, 5.74) is 1.26. The molecule has 2 atom stereocenters. The molecule has 2 N–H and O–H groups in total. The van der Waals surface area contributed by atoms with Crippen LogP contribution in [0.2, 0.25) is 0 Å². The molecule has 1 amide bonds. The van der Waals surface area contributed by atoms with Gasteiger partial charge in [0.05, 0.1) is 17.2 Å². The molecule has 20 heavy (non-hydrogen) atoms. The van der Waals surface area contributed by atoms with Gasteiger partial charge in [-0.3, -0.25) is 4.79 Å². The molecule has 0 radical (unpaired) electrons. The number of carbonyl (C=O) groups is 1. The Hall–Kier alpha value is -1.55. The topological polar surface area (TPSA) is 50.4 Å². The molecule has 4 heteroatoms. The van der Waals surface area contributed by atoms with Crippen molar-refractivity contribution < 1.29 is 9.53 Å². The summed E-state index contributed by atoms with van der Waals surface area (Å²) in [6, 6.07) is 7.89. The highest BCUT2D eigenvalue weighted by atomic mass is 16.5. The molecule has 1 aliphatic heterocycles. The van der Waals surface area contributed by atoms with Gasteiger partial charge in [-0.2, -0.15) is 0 Å². The number of benzene rings is 1. The number of nitrogens with one attached hydrogen (secondary N) is 2. The van der Waals surface area contributed by atoms with E-state index in [0.717, 1.165) is 12.1 Å². The average Bonchev–Trinajstić information content (AvgIpc) is 2.69. The molecule has 1 aliphatic rings. The van der Waals surface area contributed by atoms with Crippen LogP contribution < -0.4 is 10.6 Å². The normalized spacial score (nSPS) is 25.8. The van der Waals surface area contributed by atoms with Gasteiger partial charge in [-0.1, -0.05) is 12.1 Å². The molecule has 1 aromatic rings. The highest BCUT2D eigenvalue weighted by Crippen LogP contribution is 2.26. The van der Waals surface area contributed by atoms with Crippen LogP contribution >= 0.6 is 0 Å². The van der Waals surface area contributed by atoms with Crippen molar-refractivity contribution in [3.8, 4) is 0 Å². The molecule has 1 saturated heterocycles. The zero-order valence-corrected chi connectivity index (χ0v) is 12.7. The summed E-state index contributed by atoms with van der Waals surface area (Å²) >= 11 is 0. The van der Waals surface area contributed by atoms with E-state index in [-0.39, 0.29) is 23.6 Å². The SMILES string of the molecule is CC(C)Nc1ccccc1C(=O)NC1(C)CCOC1C. The minimum atomic E-state index is -0.290. The zero-order valence-electron chi connectivity index (χ0n) is 12.7. The first kappa shape index (κ1) is 14.9. The first-order valence-electron chi connectivity index (χ1n) is 7.22. The Kier molecular flexibility index (Phi) is 4.33. The summed E-state index contributed by atoms with van der Waals surface area (Å²) in [7, 11) is 0. The van der Waals surface area contributed by atoms with Crippen LogP contribution in [0.25, 0.3) is 0 Å². The lowest BCUT2D eigenvalue weighted by Gasteiger charge is -2.29. The second kappa shape index (κ2) is 5.83. The molecule has 0 aromatic heterocycles. The van der Waals surface area contributed by atoms with Gasteiger partial charge in [-0.15, -0.1) is 0 Å². The molecule has 0 spiro atoms. The second-order valence-corrected chi connectivity index (χ2v) is 5.98. The number of carbonyl (C=O) groups excluding carboxylic acids is 1. The third kappa shape index (κ3) is 3.12. The number of para-hydroxylation sites is 1. The lowest BCUT2D eigenvalue weighted by Crippen LogP contribution is -2.50. The molecule has 4 nitrogen and oxygen atoms in total. The van der Waals surface area contributed by atoms with Gasteiger partial charge in [0.2, 0.25) is 0 Å². The Bertz CT molecular complexity index is 487. The maximum atomic E-state index is 12.5. The molecular formula is C16H24N2O2. The lowest BCUT2D eigenvalue weighted by atomic mass is 9.94. The molecular weight excluding hydrogens is 252 g/mol. The first-order valence-corrected chi connectivity index (χ1v) is 7.22. The van der Waals surface area contributed by atoms with Gasteiger partial charge >= 0.3 is 0 Å². The van der Waals surface area contributed by atoms with Gasteiger partial charge in [0.1, 0.15) is 0 Å². The van der Waals surface area contributed by atoms with Crippen LogP contribution in [-0.4, -0.2) is 30.2 Å². The Labute approximate surface area is 120 Å². The van der Waals surface area contributed by atoms with E-state index >= 15 is 0 Å². The highest BCUT2D eigenvalue weighted by Gasteiger charge is 2.38. The van der Waals surface area contributed by atoms with E-state index in [0.29, 0.717) is 12.2 Å². The van der Waals surface area contributed by atoms with Crippen LogP contribution in [0.5, 0.6) is 0 Å². The van der Waals surface area contributed by atoms with E-state index in [4.69, 9.17) is 4.74 Å². The first-order chi connectivity index (χ1) is 9.42. The molecule has 110 valence electrons. The Balaban J connectivity index is 2.17. The fourth-order valence-electron chi connectivity index (χ4n) is 2.44. The monoisotopic (exact) mass is 276 g/mol. The molecule has 0 bridgehead atoms. The number of rotatable bonds is 4. The maximum Gasteiger partial charge on any atom is 0.253 e. The maximum absolute atomic E-state index is 12.5. The van der Waals surface area contributed by atoms with Crippen LogP contribution in [0, 0.1) is 0 Å². The summed E-state index contributed by atoms with van der Waals surface area (Å²) in [6.45, 7) is 8.86. The highest BCUT2D eigenvalue weighted by molar-refractivity contribution is 6.00. The standard InChI is InChI=1S/C16H24N2O2/c1-11(2)17-14-8-6-5-7-13(14)15(19)18-16(4)9-10-20-12(16)3/h5-8,11-12,17H,9-10H2,1-4H3,(H,18,19). The molecule has 0 aliphatic carbocycles.